The molecule has 6 nitrogen and oxygen atoms in total. The predicted molar refractivity (Wildman–Crippen MR) is 165 cm³/mol. The number of rotatable bonds is 10. The van der Waals surface area contributed by atoms with Crippen LogP contribution in [0.1, 0.15) is 85.6 Å². The minimum atomic E-state index is -0.186. The molecule has 1 aliphatic carbocycles. The molecule has 1 amide bonds. The molecule has 1 saturated heterocycles. The number of carbonyl (C=O) groups excluding carboxylic acids is 1. The van der Waals surface area contributed by atoms with Crippen LogP contribution >= 0.6 is 0 Å². The number of ether oxygens (including phenoxy) is 2. The first-order valence-corrected chi connectivity index (χ1v) is 15.2. The van der Waals surface area contributed by atoms with Crippen molar-refractivity contribution < 1.29 is 14.3 Å². The van der Waals surface area contributed by atoms with Gasteiger partial charge in [-0.05, 0) is 110 Å². The number of piperidine rings is 1. The number of anilines is 1. The number of aromatic nitrogens is 1. The fourth-order valence-corrected chi connectivity index (χ4v) is 5.59. The molecule has 6 heteroatoms. The molecule has 218 valence electrons. The van der Waals surface area contributed by atoms with E-state index in [1.165, 1.54) is 31.2 Å². The monoisotopic (exact) mass is 555 g/mol. The van der Waals surface area contributed by atoms with Gasteiger partial charge in [0, 0.05) is 23.5 Å². The van der Waals surface area contributed by atoms with Crippen molar-refractivity contribution in [1.82, 2.24) is 10.3 Å². The summed E-state index contributed by atoms with van der Waals surface area (Å²) in [5.41, 5.74) is 5.56. The van der Waals surface area contributed by atoms with Crippen molar-refractivity contribution in [1.29, 1.82) is 0 Å². The maximum absolute atomic E-state index is 13.6. The number of aryl methyl sites for hydroxylation is 2. The summed E-state index contributed by atoms with van der Waals surface area (Å²) >= 11 is 0. The van der Waals surface area contributed by atoms with E-state index in [0.717, 1.165) is 72.3 Å². The average Bonchev–Trinajstić information content (AvgIpc) is 3.78. The Bertz CT molecular complexity index is 1370. The van der Waals surface area contributed by atoms with Gasteiger partial charge in [0.2, 0.25) is 0 Å². The zero-order chi connectivity index (χ0) is 29.0. The Balaban J connectivity index is 1.35. The first-order valence-electron chi connectivity index (χ1n) is 15.2. The average molecular weight is 556 g/mol. The molecule has 2 heterocycles. The molecule has 1 aliphatic heterocycles. The number of hydrogen-bond acceptors (Lipinski definition) is 5. The fraction of sp³-hybridized carbons (Fsp3) is 0.486. The van der Waals surface area contributed by atoms with Gasteiger partial charge in [0.15, 0.2) is 0 Å². The molecule has 2 N–H and O–H groups in total. The van der Waals surface area contributed by atoms with E-state index in [0.29, 0.717) is 17.2 Å². The lowest BCUT2D eigenvalue weighted by Crippen LogP contribution is -2.28. The van der Waals surface area contributed by atoms with Crippen molar-refractivity contribution in [3.8, 4) is 17.2 Å². The number of amides is 1. The Kier molecular flexibility index (Phi) is 8.98. The second-order valence-electron chi connectivity index (χ2n) is 12.9. The van der Waals surface area contributed by atoms with Crippen molar-refractivity contribution in [2.45, 2.75) is 78.1 Å². The third-order valence-electron chi connectivity index (χ3n) is 8.43. The number of hydrogen-bond donors (Lipinski definition) is 2. The standard InChI is InChI=1S/C35H45N3O3/c1-23-6-10-27(20-32(23)41-30-14-17-37-29(22-30)18-25-12-15-36-16-13-25)34(39)38-31-21-28(35(2,3)4)19-26(33(31)40-5)11-9-24-7-8-24/h6,10,14,17,19-22,24-25,36H,7-9,11-13,15-16,18H2,1-5H3,(H,38,39). The van der Waals surface area contributed by atoms with Crippen molar-refractivity contribution >= 4 is 11.6 Å². The fourth-order valence-electron chi connectivity index (χ4n) is 5.59. The third-order valence-corrected chi connectivity index (χ3v) is 8.43. The first kappa shape index (κ1) is 29.1. The summed E-state index contributed by atoms with van der Waals surface area (Å²) in [6, 6.07) is 13.8. The van der Waals surface area contributed by atoms with Crippen LogP contribution in [0.2, 0.25) is 0 Å². The largest absolute Gasteiger partial charge is 0.494 e. The smallest absolute Gasteiger partial charge is 0.255 e. The highest BCUT2D eigenvalue weighted by atomic mass is 16.5. The van der Waals surface area contributed by atoms with Gasteiger partial charge < -0.3 is 20.1 Å². The number of pyridine rings is 1. The van der Waals surface area contributed by atoms with Crippen molar-refractivity contribution in [2.24, 2.45) is 11.8 Å². The van der Waals surface area contributed by atoms with E-state index in [9.17, 15) is 4.79 Å². The number of nitrogens with one attached hydrogen (secondary N) is 2. The van der Waals surface area contributed by atoms with E-state index < -0.39 is 0 Å². The summed E-state index contributed by atoms with van der Waals surface area (Å²) in [6.07, 6.45) is 9.87. The highest BCUT2D eigenvalue weighted by molar-refractivity contribution is 6.05. The number of nitrogens with zero attached hydrogens (tertiary/aromatic N) is 1. The lowest BCUT2D eigenvalue weighted by atomic mass is 9.85. The normalized spacial score (nSPS) is 15.9. The van der Waals surface area contributed by atoms with Gasteiger partial charge in [0.05, 0.1) is 12.8 Å². The van der Waals surface area contributed by atoms with Gasteiger partial charge in [-0.3, -0.25) is 9.78 Å². The van der Waals surface area contributed by atoms with E-state index in [1.807, 2.05) is 43.5 Å². The molecule has 0 unspecified atom stereocenters. The van der Waals surface area contributed by atoms with Gasteiger partial charge in [-0.15, -0.1) is 0 Å². The van der Waals surface area contributed by atoms with Gasteiger partial charge in [-0.2, -0.15) is 0 Å². The highest BCUT2D eigenvalue weighted by Gasteiger charge is 2.25. The van der Waals surface area contributed by atoms with Crippen LogP contribution in [0.5, 0.6) is 17.2 Å². The van der Waals surface area contributed by atoms with Crippen LogP contribution in [-0.2, 0) is 18.3 Å². The van der Waals surface area contributed by atoms with E-state index in [4.69, 9.17) is 9.47 Å². The molecule has 1 saturated carbocycles. The Hall–Kier alpha value is -3.38. The summed E-state index contributed by atoms with van der Waals surface area (Å²) in [5.74, 6) is 3.45. The molecular weight excluding hydrogens is 510 g/mol. The summed E-state index contributed by atoms with van der Waals surface area (Å²) < 4.78 is 12.2. The minimum absolute atomic E-state index is 0.0534. The van der Waals surface area contributed by atoms with Gasteiger partial charge in [-0.25, -0.2) is 0 Å². The molecule has 5 rings (SSSR count). The molecule has 2 fully saturated rings. The molecule has 2 aromatic carbocycles. The third kappa shape index (κ3) is 7.68. The van der Waals surface area contributed by atoms with Crippen LogP contribution < -0.4 is 20.1 Å². The summed E-state index contributed by atoms with van der Waals surface area (Å²) in [6.45, 7) is 10.7. The molecule has 41 heavy (non-hydrogen) atoms. The van der Waals surface area contributed by atoms with Gasteiger partial charge in [0.1, 0.15) is 17.2 Å². The molecule has 3 aromatic rings. The van der Waals surface area contributed by atoms with Crippen LogP contribution in [0.3, 0.4) is 0 Å². The lowest BCUT2D eigenvalue weighted by molar-refractivity contribution is 0.102. The zero-order valence-electron chi connectivity index (χ0n) is 25.3. The number of carbonyl (C=O) groups is 1. The minimum Gasteiger partial charge on any atom is -0.494 e. The second kappa shape index (κ2) is 12.6. The van der Waals surface area contributed by atoms with Crippen LogP contribution in [0.15, 0.2) is 48.7 Å². The van der Waals surface area contributed by atoms with Gasteiger partial charge >= 0.3 is 0 Å². The number of benzene rings is 2. The van der Waals surface area contributed by atoms with Gasteiger partial charge in [0.25, 0.3) is 5.91 Å². The van der Waals surface area contributed by atoms with Crippen molar-refractivity contribution in [3.63, 3.8) is 0 Å². The van der Waals surface area contributed by atoms with Crippen molar-refractivity contribution in [2.75, 3.05) is 25.5 Å². The maximum Gasteiger partial charge on any atom is 0.255 e. The number of methoxy groups -OCH3 is 1. The highest BCUT2D eigenvalue weighted by Crippen LogP contribution is 2.39. The molecule has 2 aliphatic rings. The van der Waals surface area contributed by atoms with Crippen LogP contribution in [0.4, 0.5) is 5.69 Å². The van der Waals surface area contributed by atoms with E-state index in [1.54, 1.807) is 7.11 Å². The Morgan fingerprint density at radius 1 is 1.02 bits per heavy atom. The van der Waals surface area contributed by atoms with Crippen LogP contribution in [0.25, 0.3) is 0 Å². The molecule has 0 radical (unpaired) electrons. The molecule has 1 aromatic heterocycles. The maximum atomic E-state index is 13.6. The zero-order valence-corrected chi connectivity index (χ0v) is 25.3. The SMILES string of the molecule is COc1c(CCC2CC2)cc(C(C)(C)C)cc1NC(=O)c1ccc(C)c(Oc2ccnc(CC3CCNCC3)c2)c1. The predicted octanol–water partition coefficient (Wildman–Crippen LogP) is 7.63. The van der Waals surface area contributed by atoms with E-state index >= 15 is 0 Å². The topological polar surface area (TPSA) is 72.5 Å². The first-order chi connectivity index (χ1) is 19.7. The molecule has 0 spiro atoms. The van der Waals surface area contributed by atoms with Crippen LogP contribution in [-0.4, -0.2) is 31.1 Å². The molecule has 0 bridgehead atoms. The quantitative estimate of drug-likeness (QED) is 0.269. The summed E-state index contributed by atoms with van der Waals surface area (Å²) in [4.78, 5) is 18.2. The molecular formula is C35H45N3O3. The second-order valence-corrected chi connectivity index (χ2v) is 12.9. The Morgan fingerprint density at radius 3 is 2.51 bits per heavy atom. The van der Waals surface area contributed by atoms with Gasteiger partial charge in [-0.1, -0.05) is 45.7 Å². The van der Waals surface area contributed by atoms with E-state index in [2.05, 4.69) is 48.5 Å². The lowest BCUT2D eigenvalue weighted by Gasteiger charge is -2.24. The summed E-state index contributed by atoms with van der Waals surface area (Å²) in [7, 11) is 1.69. The van der Waals surface area contributed by atoms with Crippen LogP contribution in [0, 0.1) is 18.8 Å². The van der Waals surface area contributed by atoms with Crippen molar-refractivity contribution in [3.05, 3.63) is 76.6 Å². The Labute approximate surface area is 245 Å². The summed E-state index contributed by atoms with van der Waals surface area (Å²) in [5, 5.41) is 6.59. The van der Waals surface area contributed by atoms with E-state index in [-0.39, 0.29) is 11.3 Å². The molecule has 0 atom stereocenters. The Morgan fingerprint density at radius 2 is 1.80 bits per heavy atom.